The second kappa shape index (κ2) is 6.95. The van der Waals surface area contributed by atoms with E-state index in [1.54, 1.807) is 18.7 Å². The maximum atomic E-state index is 12.4. The Morgan fingerprint density at radius 2 is 2.11 bits per heavy atom. The van der Waals surface area contributed by atoms with Crippen molar-refractivity contribution >= 4 is 27.5 Å². The van der Waals surface area contributed by atoms with E-state index in [1.807, 2.05) is 13.8 Å². The summed E-state index contributed by atoms with van der Waals surface area (Å²) in [6.07, 6.45) is 0.806. The monoisotopic (exact) mass is 308 g/mol. The van der Waals surface area contributed by atoms with E-state index < -0.39 is 21.3 Å². The topological polar surface area (TPSA) is 80.5 Å². The molecule has 112 valence electrons. The average molecular weight is 308 g/mol. The van der Waals surface area contributed by atoms with Gasteiger partial charge in [-0.1, -0.05) is 27.2 Å². The lowest BCUT2D eigenvalue weighted by Gasteiger charge is -2.37. The van der Waals surface area contributed by atoms with Gasteiger partial charge in [-0.3, -0.25) is 4.79 Å². The van der Waals surface area contributed by atoms with Gasteiger partial charge in [0, 0.05) is 23.8 Å². The molecule has 1 heterocycles. The number of nitrogens with two attached hydrogens (primary N) is 1. The Kier molecular flexibility index (Phi) is 6.14. The summed E-state index contributed by atoms with van der Waals surface area (Å²) in [6, 6.07) is -0.609. The highest BCUT2D eigenvalue weighted by atomic mass is 32.2. The van der Waals surface area contributed by atoms with Gasteiger partial charge in [-0.2, -0.15) is 11.8 Å². The van der Waals surface area contributed by atoms with Crippen molar-refractivity contribution in [1.29, 1.82) is 0 Å². The van der Waals surface area contributed by atoms with Crippen LogP contribution in [0.15, 0.2) is 0 Å². The fourth-order valence-corrected chi connectivity index (χ4v) is 4.99. The molecule has 3 atom stereocenters. The highest BCUT2D eigenvalue weighted by molar-refractivity contribution is 8.01. The molecule has 1 amide bonds. The standard InChI is InChI=1S/C12H24N2O3S2/c1-4-9(3)11(13)12(15)14-6-7-18-8-10(14)19(16,17)5-2/h9-11H,4-8,13H2,1-3H3/t9?,10?,11-/m0/s1. The average Bonchev–Trinajstić information content (AvgIpc) is 2.44. The van der Waals surface area contributed by atoms with Crippen molar-refractivity contribution in [1.82, 2.24) is 4.90 Å². The molecular weight excluding hydrogens is 284 g/mol. The van der Waals surface area contributed by atoms with Crippen molar-refractivity contribution in [2.45, 2.75) is 38.6 Å². The number of hydrogen-bond acceptors (Lipinski definition) is 5. The van der Waals surface area contributed by atoms with Gasteiger partial charge in [-0.15, -0.1) is 0 Å². The van der Waals surface area contributed by atoms with Gasteiger partial charge >= 0.3 is 0 Å². The second-order valence-electron chi connectivity index (χ2n) is 4.92. The number of nitrogens with zero attached hydrogens (tertiary/aromatic N) is 1. The fourth-order valence-electron chi connectivity index (χ4n) is 2.01. The summed E-state index contributed by atoms with van der Waals surface area (Å²) in [5.74, 6) is 1.12. The van der Waals surface area contributed by atoms with Crippen molar-refractivity contribution in [2.75, 3.05) is 23.8 Å². The smallest absolute Gasteiger partial charge is 0.240 e. The molecule has 19 heavy (non-hydrogen) atoms. The molecule has 0 spiro atoms. The molecule has 1 aliphatic heterocycles. The molecule has 7 heteroatoms. The molecule has 1 rings (SSSR count). The summed E-state index contributed by atoms with van der Waals surface area (Å²) in [4.78, 5) is 13.9. The third-order valence-electron chi connectivity index (χ3n) is 3.73. The minimum absolute atomic E-state index is 0.0561. The highest BCUT2D eigenvalue weighted by Crippen LogP contribution is 2.23. The molecule has 0 bridgehead atoms. The predicted octanol–water partition coefficient (Wildman–Crippen LogP) is 0.696. The highest BCUT2D eigenvalue weighted by Gasteiger charge is 2.38. The largest absolute Gasteiger partial charge is 0.323 e. The minimum atomic E-state index is -3.25. The van der Waals surface area contributed by atoms with Crippen molar-refractivity contribution in [3.63, 3.8) is 0 Å². The normalized spacial score (nSPS) is 24.0. The van der Waals surface area contributed by atoms with Crippen molar-refractivity contribution < 1.29 is 13.2 Å². The fraction of sp³-hybridized carbons (Fsp3) is 0.917. The van der Waals surface area contributed by atoms with E-state index in [2.05, 4.69) is 0 Å². The van der Waals surface area contributed by atoms with Gasteiger partial charge < -0.3 is 10.6 Å². The molecule has 0 aromatic carbocycles. The van der Waals surface area contributed by atoms with E-state index >= 15 is 0 Å². The van der Waals surface area contributed by atoms with Crippen LogP contribution in [0.25, 0.3) is 0 Å². The molecule has 0 saturated carbocycles. The SMILES string of the molecule is CCC(C)[C@H](N)C(=O)N1CCSCC1S(=O)(=O)CC. The zero-order valence-electron chi connectivity index (χ0n) is 11.8. The quantitative estimate of drug-likeness (QED) is 0.808. The molecule has 0 aromatic rings. The van der Waals surface area contributed by atoms with Crippen LogP contribution in [0.5, 0.6) is 0 Å². The van der Waals surface area contributed by atoms with Crippen molar-refractivity contribution in [3.05, 3.63) is 0 Å². The molecule has 0 aromatic heterocycles. The first kappa shape index (κ1) is 16.8. The number of amides is 1. The molecule has 1 fully saturated rings. The molecule has 2 N–H and O–H groups in total. The molecule has 0 aliphatic carbocycles. The van der Waals surface area contributed by atoms with Crippen LogP contribution in [-0.4, -0.2) is 54.4 Å². The summed E-state index contributed by atoms with van der Waals surface area (Å²) in [5, 5.41) is -0.709. The van der Waals surface area contributed by atoms with E-state index in [1.165, 1.54) is 4.90 Å². The molecule has 2 unspecified atom stereocenters. The summed E-state index contributed by atoms with van der Waals surface area (Å²) in [6.45, 7) is 5.98. The number of thioether (sulfide) groups is 1. The first-order chi connectivity index (χ1) is 8.85. The van der Waals surface area contributed by atoms with Crippen LogP contribution in [-0.2, 0) is 14.6 Å². The summed E-state index contributed by atoms with van der Waals surface area (Å²) in [7, 11) is -3.25. The predicted molar refractivity (Wildman–Crippen MR) is 79.7 cm³/mol. The lowest BCUT2D eigenvalue weighted by Crippen LogP contribution is -2.56. The minimum Gasteiger partial charge on any atom is -0.323 e. The van der Waals surface area contributed by atoms with Crippen LogP contribution in [0.2, 0.25) is 0 Å². The Morgan fingerprint density at radius 1 is 1.47 bits per heavy atom. The number of rotatable bonds is 5. The lowest BCUT2D eigenvalue weighted by molar-refractivity contribution is -0.134. The number of sulfone groups is 1. The maximum Gasteiger partial charge on any atom is 0.240 e. The summed E-state index contributed by atoms with van der Waals surface area (Å²) < 4.78 is 24.2. The van der Waals surface area contributed by atoms with Gasteiger partial charge in [0.15, 0.2) is 9.84 Å². The van der Waals surface area contributed by atoms with Gasteiger partial charge in [-0.05, 0) is 5.92 Å². The van der Waals surface area contributed by atoms with Gasteiger partial charge in [0.2, 0.25) is 5.91 Å². The Hall–Kier alpha value is -0.270. The van der Waals surface area contributed by atoms with Gasteiger partial charge in [-0.25, -0.2) is 8.42 Å². The Morgan fingerprint density at radius 3 is 2.63 bits per heavy atom. The van der Waals surface area contributed by atoms with Crippen LogP contribution >= 0.6 is 11.8 Å². The lowest BCUT2D eigenvalue weighted by atomic mass is 9.99. The summed E-state index contributed by atoms with van der Waals surface area (Å²) in [5.41, 5.74) is 5.96. The number of carbonyl (C=O) groups excluding carboxylic acids is 1. The molecular formula is C12H24N2O3S2. The zero-order valence-corrected chi connectivity index (χ0v) is 13.5. The zero-order chi connectivity index (χ0) is 14.6. The second-order valence-corrected chi connectivity index (χ2v) is 8.52. The van der Waals surface area contributed by atoms with Crippen molar-refractivity contribution in [2.24, 2.45) is 11.7 Å². The first-order valence-electron chi connectivity index (χ1n) is 6.70. The molecule has 5 nitrogen and oxygen atoms in total. The van der Waals surface area contributed by atoms with Gasteiger partial charge in [0.1, 0.15) is 5.37 Å². The van der Waals surface area contributed by atoms with Crippen LogP contribution in [0, 0.1) is 5.92 Å². The molecule has 1 saturated heterocycles. The van der Waals surface area contributed by atoms with E-state index in [-0.39, 0.29) is 17.6 Å². The Balaban J connectivity index is 2.92. The van der Waals surface area contributed by atoms with E-state index in [0.717, 1.165) is 12.2 Å². The summed E-state index contributed by atoms with van der Waals surface area (Å²) >= 11 is 1.58. The molecule has 0 radical (unpaired) electrons. The Bertz CT molecular complexity index is 411. The van der Waals surface area contributed by atoms with E-state index in [4.69, 9.17) is 5.73 Å². The first-order valence-corrected chi connectivity index (χ1v) is 9.57. The van der Waals surface area contributed by atoms with Crippen molar-refractivity contribution in [3.8, 4) is 0 Å². The maximum absolute atomic E-state index is 12.4. The van der Waals surface area contributed by atoms with Gasteiger partial charge in [0.25, 0.3) is 0 Å². The van der Waals surface area contributed by atoms with Crippen LogP contribution in [0.4, 0.5) is 0 Å². The van der Waals surface area contributed by atoms with Crippen LogP contribution in [0.3, 0.4) is 0 Å². The third-order valence-corrected chi connectivity index (χ3v) is 7.02. The number of hydrogen-bond donors (Lipinski definition) is 1. The van der Waals surface area contributed by atoms with E-state index in [9.17, 15) is 13.2 Å². The van der Waals surface area contributed by atoms with Crippen LogP contribution in [0.1, 0.15) is 27.2 Å². The van der Waals surface area contributed by atoms with E-state index in [0.29, 0.717) is 12.3 Å². The third kappa shape index (κ3) is 3.86. The van der Waals surface area contributed by atoms with Crippen LogP contribution < -0.4 is 5.73 Å². The van der Waals surface area contributed by atoms with Gasteiger partial charge in [0.05, 0.1) is 6.04 Å². The molecule has 1 aliphatic rings. The Labute approximate surface area is 120 Å². The number of carbonyl (C=O) groups is 1.